The van der Waals surface area contributed by atoms with E-state index in [1.54, 1.807) is 12.1 Å². The summed E-state index contributed by atoms with van der Waals surface area (Å²) in [6, 6.07) is 12.4. The Kier molecular flexibility index (Phi) is 4.19. The number of hydrogen-bond donors (Lipinski definition) is 2. The fourth-order valence-electron chi connectivity index (χ4n) is 1.51. The van der Waals surface area contributed by atoms with Gasteiger partial charge in [0.25, 0.3) is 0 Å². The van der Waals surface area contributed by atoms with E-state index in [9.17, 15) is 8.42 Å². The fraction of sp³-hybridized carbons (Fsp3) is 0. The first-order valence-corrected chi connectivity index (χ1v) is 8.39. The number of hydrogen-bond acceptors (Lipinski definition) is 4. The molecule has 2 rings (SSSR count). The minimum atomic E-state index is -3.81. The summed E-state index contributed by atoms with van der Waals surface area (Å²) < 4.78 is 23.7. The molecule has 0 fully saturated rings. The molecule has 100 valence electrons. The van der Waals surface area contributed by atoms with Crippen LogP contribution in [0.5, 0.6) is 0 Å². The highest BCUT2D eigenvalue weighted by Crippen LogP contribution is 2.38. The normalized spacial score (nSPS) is 11.5. The Morgan fingerprint density at radius 3 is 2.26 bits per heavy atom. The summed E-state index contributed by atoms with van der Waals surface area (Å²) >= 11 is 4.81. The molecule has 2 aromatic rings. The van der Waals surface area contributed by atoms with Crippen molar-refractivity contribution >= 4 is 43.4 Å². The monoisotopic (exact) mass is 358 g/mol. The largest absolute Gasteiger partial charge is 0.397 e. The van der Waals surface area contributed by atoms with E-state index in [0.717, 1.165) is 9.37 Å². The number of primary sulfonamides is 1. The van der Waals surface area contributed by atoms with Crippen molar-refractivity contribution in [1.29, 1.82) is 0 Å². The van der Waals surface area contributed by atoms with E-state index in [4.69, 9.17) is 10.9 Å². The van der Waals surface area contributed by atoms with E-state index in [-0.39, 0.29) is 10.6 Å². The van der Waals surface area contributed by atoms with Crippen LogP contribution >= 0.6 is 27.7 Å². The predicted molar refractivity (Wildman–Crippen MR) is 80.5 cm³/mol. The van der Waals surface area contributed by atoms with Gasteiger partial charge in [0.2, 0.25) is 10.0 Å². The van der Waals surface area contributed by atoms with Crippen LogP contribution in [0.25, 0.3) is 0 Å². The summed E-state index contributed by atoms with van der Waals surface area (Å²) in [7, 11) is -3.81. The zero-order valence-corrected chi connectivity index (χ0v) is 12.9. The number of nitrogens with two attached hydrogens (primary N) is 2. The van der Waals surface area contributed by atoms with Crippen LogP contribution in [0.3, 0.4) is 0 Å². The van der Waals surface area contributed by atoms with Gasteiger partial charge in [-0.3, -0.25) is 0 Å². The second-order valence-electron chi connectivity index (χ2n) is 3.75. The molecule has 0 aliphatic heterocycles. The van der Waals surface area contributed by atoms with Gasteiger partial charge >= 0.3 is 0 Å². The predicted octanol–water partition coefficient (Wildman–Crippen LogP) is 2.83. The molecular formula is C12H11BrN2O2S2. The summed E-state index contributed by atoms with van der Waals surface area (Å²) in [4.78, 5) is 1.55. The van der Waals surface area contributed by atoms with Crippen LogP contribution in [0, 0.1) is 0 Å². The molecule has 0 bridgehead atoms. The zero-order chi connectivity index (χ0) is 14.0. The molecule has 0 unspecified atom stereocenters. The van der Waals surface area contributed by atoms with Gasteiger partial charge < -0.3 is 5.73 Å². The van der Waals surface area contributed by atoms with Crippen LogP contribution in [-0.2, 0) is 10.0 Å². The summed E-state index contributed by atoms with van der Waals surface area (Å²) in [5.74, 6) is 0. The lowest BCUT2D eigenvalue weighted by Gasteiger charge is -2.10. The Balaban J connectivity index is 2.46. The van der Waals surface area contributed by atoms with E-state index >= 15 is 0 Å². The van der Waals surface area contributed by atoms with E-state index in [1.165, 1.54) is 17.8 Å². The maximum Gasteiger partial charge on any atom is 0.240 e. The highest BCUT2D eigenvalue weighted by molar-refractivity contribution is 9.10. The molecule has 0 aliphatic rings. The second kappa shape index (κ2) is 5.54. The van der Waals surface area contributed by atoms with Crippen LogP contribution in [0.4, 0.5) is 5.69 Å². The molecule has 0 saturated carbocycles. The van der Waals surface area contributed by atoms with Crippen LogP contribution in [0.2, 0.25) is 0 Å². The van der Waals surface area contributed by atoms with Gasteiger partial charge in [-0.1, -0.05) is 30.0 Å². The molecule has 7 heteroatoms. The molecular weight excluding hydrogens is 348 g/mol. The van der Waals surface area contributed by atoms with Crippen molar-refractivity contribution in [3.63, 3.8) is 0 Å². The van der Waals surface area contributed by atoms with E-state index < -0.39 is 10.0 Å². The lowest BCUT2D eigenvalue weighted by atomic mass is 10.3. The van der Waals surface area contributed by atoms with Crippen LogP contribution < -0.4 is 10.9 Å². The molecule has 0 saturated heterocycles. The number of anilines is 1. The Hall–Kier alpha value is -1.02. The third kappa shape index (κ3) is 3.30. The van der Waals surface area contributed by atoms with Crippen molar-refractivity contribution < 1.29 is 8.42 Å². The highest BCUT2D eigenvalue weighted by Gasteiger charge is 2.15. The van der Waals surface area contributed by atoms with Gasteiger partial charge in [0.05, 0.1) is 5.69 Å². The zero-order valence-electron chi connectivity index (χ0n) is 9.71. The van der Waals surface area contributed by atoms with Crippen molar-refractivity contribution in [2.45, 2.75) is 14.7 Å². The molecule has 19 heavy (non-hydrogen) atoms. The van der Waals surface area contributed by atoms with Gasteiger partial charge in [-0.25, -0.2) is 13.6 Å². The van der Waals surface area contributed by atoms with Gasteiger partial charge in [0.15, 0.2) is 0 Å². The average Bonchev–Trinajstić information content (AvgIpc) is 2.33. The molecule has 0 spiro atoms. The minimum absolute atomic E-state index is 0.0513. The first kappa shape index (κ1) is 14.4. The number of rotatable bonds is 3. The SMILES string of the molecule is Nc1c(Sc2ccccc2Br)cccc1S(N)(=O)=O. The van der Waals surface area contributed by atoms with E-state index in [1.807, 2.05) is 24.3 Å². The van der Waals surface area contributed by atoms with E-state index in [0.29, 0.717) is 4.90 Å². The average molecular weight is 359 g/mol. The molecule has 4 nitrogen and oxygen atoms in total. The van der Waals surface area contributed by atoms with Gasteiger partial charge in [0, 0.05) is 14.3 Å². The van der Waals surface area contributed by atoms with Crippen LogP contribution in [0.15, 0.2) is 61.6 Å². The number of halogens is 1. The Labute approximate surface area is 124 Å². The van der Waals surface area contributed by atoms with Crippen molar-refractivity contribution in [3.8, 4) is 0 Å². The number of benzene rings is 2. The summed E-state index contributed by atoms with van der Waals surface area (Å²) in [5, 5.41) is 5.12. The Bertz CT molecular complexity index is 717. The van der Waals surface area contributed by atoms with Crippen molar-refractivity contribution in [3.05, 3.63) is 46.9 Å². The Morgan fingerprint density at radius 1 is 1.00 bits per heavy atom. The van der Waals surface area contributed by atoms with Crippen molar-refractivity contribution in [2.24, 2.45) is 5.14 Å². The second-order valence-corrected chi connectivity index (χ2v) is 7.21. The van der Waals surface area contributed by atoms with Crippen molar-refractivity contribution in [2.75, 3.05) is 5.73 Å². The lowest BCUT2D eigenvalue weighted by Crippen LogP contribution is -2.14. The standard InChI is InChI=1S/C12H11BrN2O2S2/c13-8-4-1-2-5-9(8)18-10-6-3-7-11(12(10)14)19(15,16)17/h1-7H,14H2,(H2,15,16,17). The molecule has 0 aliphatic carbocycles. The highest BCUT2D eigenvalue weighted by atomic mass is 79.9. The summed E-state index contributed by atoms with van der Waals surface area (Å²) in [6.07, 6.45) is 0. The minimum Gasteiger partial charge on any atom is -0.397 e. The van der Waals surface area contributed by atoms with E-state index in [2.05, 4.69) is 15.9 Å². The molecule has 2 aromatic carbocycles. The molecule has 0 atom stereocenters. The van der Waals surface area contributed by atoms with Crippen molar-refractivity contribution in [1.82, 2.24) is 0 Å². The van der Waals surface area contributed by atoms with Gasteiger partial charge in [0.1, 0.15) is 4.90 Å². The molecule has 0 amide bonds. The quantitative estimate of drug-likeness (QED) is 0.825. The van der Waals surface area contributed by atoms with Crippen LogP contribution in [0.1, 0.15) is 0 Å². The molecule has 4 N–H and O–H groups in total. The maximum atomic E-state index is 11.4. The van der Waals surface area contributed by atoms with Gasteiger partial charge in [-0.05, 0) is 40.2 Å². The maximum absolute atomic E-state index is 11.4. The topological polar surface area (TPSA) is 86.2 Å². The fourth-order valence-corrected chi connectivity index (χ4v) is 3.70. The number of nitrogen functional groups attached to an aromatic ring is 1. The van der Waals surface area contributed by atoms with Crippen LogP contribution in [-0.4, -0.2) is 8.42 Å². The number of para-hydroxylation sites is 1. The Morgan fingerprint density at radius 2 is 1.63 bits per heavy atom. The third-order valence-electron chi connectivity index (χ3n) is 2.39. The molecule has 0 aromatic heterocycles. The summed E-state index contributed by atoms with van der Waals surface area (Å²) in [5.41, 5.74) is 6.04. The first-order valence-electron chi connectivity index (χ1n) is 5.23. The number of sulfonamides is 1. The molecule has 0 heterocycles. The van der Waals surface area contributed by atoms with Gasteiger partial charge in [-0.15, -0.1) is 0 Å². The first-order chi connectivity index (χ1) is 8.89. The summed E-state index contributed by atoms with van der Waals surface area (Å²) in [6.45, 7) is 0. The molecule has 0 radical (unpaired) electrons. The van der Waals surface area contributed by atoms with Gasteiger partial charge in [-0.2, -0.15) is 0 Å². The smallest absolute Gasteiger partial charge is 0.240 e. The third-order valence-corrected chi connectivity index (χ3v) is 5.46. The lowest BCUT2D eigenvalue weighted by molar-refractivity contribution is 0.598.